The molecule has 1 atom stereocenters. The van der Waals surface area contributed by atoms with Crippen LogP contribution in [0.3, 0.4) is 0 Å². The predicted octanol–water partition coefficient (Wildman–Crippen LogP) is 2.07. The van der Waals surface area contributed by atoms with Gasteiger partial charge in [-0.3, -0.25) is 4.68 Å². The van der Waals surface area contributed by atoms with Crippen molar-refractivity contribution in [2.45, 2.75) is 46.1 Å². The van der Waals surface area contributed by atoms with Crippen LogP contribution in [0.1, 0.15) is 38.1 Å². The third kappa shape index (κ3) is 4.04. The van der Waals surface area contributed by atoms with Gasteiger partial charge in [-0.1, -0.05) is 13.8 Å². The third-order valence-electron chi connectivity index (χ3n) is 2.58. The van der Waals surface area contributed by atoms with Crippen molar-refractivity contribution in [3.63, 3.8) is 0 Å². The van der Waals surface area contributed by atoms with E-state index in [0.717, 1.165) is 25.0 Å². The Bertz CT molecular complexity index is 305. The lowest BCUT2D eigenvalue weighted by Gasteiger charge is -2.12. The van der Waals surface area contributed by atoms with Gasteiger partial charge in [0.25, 0.3) is 0 Å². The van der Waals surface area contributed by atoms with Gasteiger partial charge in [-0.05, 0) is 38.2 Å². The summed E-state index contributed by atoms with van der Waals surface area (Å²) in [5, 5.41) is 14.0. The van der Waals surface area contributed by atoms with Crippen LogP contribution in [-0.4, -0.2) is 21.0 Å². The molecule has 86 valence electrons. The lowest BCUT2D eigenvalue weighted by Crippen LogP contribution is -2.12. The summed E-state index contributed by atoms with van der Waals surface area (Å²) in [5.74, 6) is 0.563. The van der Waals surface area contributed by atoms with Crippen LogP contribution in [0, 0.1) is 12.8 Å². The van der Waals surface area contributed by atoms with Crippen molar-refractivity contribution in [3.8, 4) is 0 Å². The minimum atomic E-state index is -0.180. The molecular weight excluding hydrogens is 188 g/mol. The average molecular weight is 210 g/mol. The summed E-state index contributed by atoms with van der Waals surface area (Å²) in [4.78, 5) is 0. The molecule has 0 aliphatic heterocycles. The van der Waals surface area contributed by atoms with E-state index in [9.17, 15) is 5.11 Å². The molecule has 0 saturated carbocycles. The maximum Gasteiger partial charge on any atom is 0.0596 e. The second-order valence-electron chi connectivity index (χ2n) is 4.72. The summed E-state index contributed by atoms with van der Waals surface area (Å²) in [6, 6.07) is 2.09. The molecular formula is C12H22N2O. The number of aliphatic hydroxyl groups is 1. The summed E-state index contributed by atoms with van der Waals surface area (Å²) in [5.41, 5.74) is 2.25. The Kier molecular flexibility index (Phi) is 4.33. The van der Waals surface area contributed by atoms with E-state index in [4.69, 9.17) is 0 Å². The Hall–Kier alpha value is -0.830. The summed E-state index contributed by atoms with van der Waals surface area (Å²) < 4.78 is 1.90. The van der Waals surface area contributed by atoms with Crippen LogP contribution in [-0.2, 0) is 13.5 Å². The molecule has 1 unspecified atom stereocenters. The van der Waals surface area contributed by atoms with Crippen LogP contribution in [0.15, 0.2) is 6.07 Å². The third-order valence-corrected chi connectivity index (χ3v) is 2.58. The van der Waals surface area contributed by atoms with E-state index >= 15 is 0 Å². The number of nitrogens with zero attached hydrogens (tertiary/aromatic N) is 2. The standard InChI is InChI=1S/C12H22N2O/c1-9(2)7-12(15)6-5-11-8-10(3)13-14(11)4/h8-9,12,15H,5-7H2,1-4H3. The molecule has 0 aliphatic carbocycles. The first-order valence-electron chi connectivity index (χ1n) is 5.66. The number of aromatic nitrogens is 2. The summed E-state index contributed by atoms with van der Waals surface area (Å²) >= 11 is 0. The number of hydrogen-bond acceptors (Lipinski definition) is 2. The first-order chi connectivity index (χ1) is 6.99. The zero-order valence-corrected chi connectivity index (χ0v) is 10.2. The number of rotatable bonds is 5. The molecule has 0 saturated heterocycles. The molecule has 3 nitrogen and oxygen atoms in total. The molecule has 1 N–H and O–H groups in total. The first-order valence-corrected chi connectivity index (χ1v) is 5.66. The molecule has 1 rings (SSSR count). The Morgan fingerprint density at radius 2 is 2.13 bits per heavy atom. The van der Waals surface area contributed by atoms with Gasteiger partial charge in [0, 0.05) is 12.7 Å². The van der Waals surface area contributed by atoms with Crippen LogP contribution >= 0.6 is 0 Å². The average Bonchev–Trinajstić information content (AvgIpc) is 2.40. The fourth-order valence-corrected chi connectivity index (χ4v) is 1.87. The molecule has 1 heterocycles. The summed E-state index contributed by atoms with van der Waals surface area (Å²) in [6.07, 6.45) is 2.44. The zero-order valence-electron chi connectivity index (χ0n) is 10.2. The minimum absolute atomic E-state index is 0.180. The summed E-state index contributed by atoms with van der Waals surface area (Å²) in [7, 11) is 1.96. The highest BCUT2D eigenvalue weighted by atomic mass is 16.3. The van der Waals surface area contributed by atoms with Gasteiger partial charge in [0.15, 0.2) is 0 Å². The molecule has 0 radical (unpaired) electrons. The molecule has 15 heavy (non-hydrogen) atoms. The fraction of sp³-hybridized carbons (Fsp3) is 0.750. The predicted molar refractivity (Wildman–Crippen MR) is 61.7 cm³/mol. The van der Waals surface area contributed by atoms with Crippen LogP contribution in [0.2, 0.25) is 0 Å². The number of hydrogen-bond donors (Lipinski definition) is 1. The molecule has 0 aromatic carbocycles. The lowest BCUT2D eigenvalue weighted by molar-refractivity contribution is 0.139. The van der Waals surface area contributed by atoms with E-state index < -0.39 is 0 Å². The van der Waals surface area contributed by atoms with Crippen LogP contribution in [0.25, 0.3) is 0 Å². The van der Waals surface area contributed by atoms with E-state index in [1.54, 1.807) is 0 Å². The van der Waals surface area contributed by atoms with Crippen LogP contribution in [0.5, 0.6) is 0 Å². The topological polar surface area (TPSA) is 38.0 Å². The molecule has 1 aromatic heterocycles. The van der Waals surface area contributed by atoms with Gasteiger partial charge < -0.3 is 5.11 Å². The first kappa shape index (κ1) is 12.2. The molecule has 0 fully saturated rings. The van der Waals surface area contributed by atoms with Crippen LogP contribution < -0.4 is 0 Å². The highest BCUT2D eigenvalue weighted by Gasteiger charge is 2.09. The second kappa shape index (κ2) is 5.31. The molecule has 0 bridgehead atoms. The second-order valence-corrected chi connectivity index (χ2v) is 4.72. The number of aryl methyl sites for hydroxylation is 3. The van der Waals surface area contributed by atoms with E-state index in [1.807, 2.05) is 18.7 Å². The highest BCUT2D eigenvalue weighted by molar-refractivity contribution is 5.08. The van der Waals surface area contributed by atoms with Crippen molar-refractivity contribution in [2.24, 2.45) is 13.0 Å². The van der Waals surface area contributed by atoms with Gasteiger partial charge in [0.2, 0.25) is 0 Å². The van der Waals surface area contributed by atoms with Crippen molar-refractivity contribution in [1.82, 2.24) is 9.78 Å². The lowest BCUT2D eigenvalue weighted by atomic mass is 10.0. The van der Waals surface area contributed by atoms with Gasteiger partial charge in [0.05, 0.1) is 11.8 Å². The van der Waals surface area contributed by atoms with Crippen molar-refractivity contribution >= 4 is 0 Å². The fourth-order valence-electron chi connectivity index (χ4n) is 1.87. The Balaban J connectivity index is 2.40. The van der Waals surface area contributed by atoms with E-state index in [1.165, 1.54) is 5.69 Å². The summed E-state index contributed by atoms with van der Waals surface area (Å²) in [6.45, 7) is 6.27. The molecule has 0 amide bonds. The van der Waals surface area contributed by atoms with Gasteiger partial charge in [-0.15, -0.1) is 0 Å². The largest absolute Gasteiger partial charge is 0.393 e. The van der Waals surface area contributed by atoms with Gasteiger partial charge in [0.1, 0.15) is 0 Å². The zero-order chi connectivity index (χ0) is 11.4. The molecule has 0 spiro atoms. The van der Waals surface area contributed by atoms with Gasteiger partial charge in [-0.2, -0.15) is 5.10 Å². The van der Waals surface area contributed by atoms with E-state index in [-0.39, 0.29) is 6.10 Å². The van der Waals surface area contributed by atoms with E-state index in [0.29, 0.717) is 5.92 Å². The normalized spacial score (nSPS) is 13.5. The minimum Gasteiger partial charge on any atom is -0.393 e. The maximum atomic E-state index is 9.75. The molecule has 0 aliphatic rings. The molecule has 3 heteroatoms. The Labute approximate surface area is 92.1 Å². The Morgan fingerprint density at radius 3 is 2.60 bits per heavy atom. The van der Waals surface area contributed by atoms with Crippen molar-refractivity contribution < 1.29 is 5.11 Å². The van der Waals surface area contributed by atoms with Gasteiger partial charge >= 0.3 is 0 Å². The van der Waals surface area contributed by atoms with Crippen molar-refractivity contribution in [1.29, 1.82) is 0 Å². The van der Waals surface area contributed by atoms with Crippen molar-refractivity contribution in [2.75, 3.05) is 0 Å². The highest BCUT2D eigenvalue weighted by Crippen LogP contribution is 2.12. The number of aliphatic hydroxyl groups excluding tert-OH is 1. The SMILES string of the molecule is Cc1cc(CCC(O)CC(C)C)n(C)n1. The van der Waals surface area contributed by atoms with Crippen LogP contribution in [0.4, 0.5) is 0 Å². The monoisotopic (exact) mass is 210 g/mol. The maximum absolute atomic E-state index is 9.75. The van der Waals surface area contributed by atoms with E-state index in [2.05, 4.69) is 25.0 Å². The quantitative estimate of drug-likeness (QED) is 0.808. The Morgan fingerprint density at radius 1 is 1.47 bits per heavy atom. The smallest absolute Gasteiger partial charge is 0.0596 e. The van der Waals surface area contributed by atoms with Gasteiger partial charge in [-0.25, -0.2) is 0 Å². The van der Waals surface area contributed by atoms with Crippen molar-refractivity contribution in [3.05, 3.63) is 17.5 Å². The molecule has 1 aromatic rings.